The van der Waals surface area contributed by atoms with Crippen LogP contribution in [-0.4, -0.2) is 17.7 Å². The van der Waals surface area contributed by atoms with Gasteiger partial charge in [-0.25, -0.2) is 4.98 Å². The summed E-state index contributed by atoms with van der Waals surface area (Å²) >= 11 is 2.67. The molecule has 29 heavy (non-hydrogen) atoms. The number of thiophene rings is 1. The maximum atomic E-state index is 13.2. The van der Waals surface area contributed by atoms with E-state index in [-0.39, 0.29) is 12.2 Å². The van der Waals surface area contributed by atoms with E-state index >= 15 is 0 Å². The van der Waals surface area contributed by atoms with Gasteiger partial charge in [0.05, 0.1) is 34.3 Å². The number of rotatable bonds is 5. The first-order valence-electron chi connectivity index (χ1n) is 7.98. The second-order valence-corrected chi connectivity index (χ2v) is 7.74. The van der Waals surface area contributed by atoms with Gasteiger partial charge in [0.15, 0.2) is 0 Å². The summed E-state index contributed by atoms with van der Waals surface area (Å²) in [5, 5.41) is 12.9. The summed E-state index contributed by atoms with van der Waals surface area (Å²) < 4.78 is 78.8. The fraction of sp³-hybridized carbons (Fsp3) is 0.222. The molecule has 11 heteroatoms. The van der Waals surface area contributed by atoms with E-state index in [0.29, 0.717) is 16.8 Å². The van der Waals surface area contributed by atoms with Gasteiger partial charge >= 0.3 is 12.4 Å². The van der Waals surface area contributed by atoms with Crippen LogP contribution in [0.3, 0.4) is 0 Å². The Morgan fingerprint density at radius 1 is 1.07 bits per heavy atom. The van der Waals surface area contributed by atoms with Crippen LogP contribution in [0.4, 0.5) is 32.0 Å². The molecule has 2 aromatic heterocycles. The molecule has 3 nitrogen and oxygen atoms in total. The molecule has 0 aliphatic heterocycles. The van der Waals surface area contributed by atoms with Gasteiger partial charge in [-0.15, -0.1) is 22.7 Å². The highest BCUT2D eigenvalue weighted by Gasteiger charge is 2.36. The Morgan fingerprint density at radius 2 is 1.83 bits per heavy atom. The molecule has 0 saturated heterocycles. The second-order valence-electron chi connectivity index (χ2n) is 5.93. The minimum absolute atomic E-state index is 0.292. The highest BCUT2D eigenvalue weighted by molar-refractivity contribution is 7.20. The molecule has 2 heterocycles. The lowest BCUT2D eigenvalue weighted by molar-refractivity contribution is -0.137. The smallest absolute Gasteiger partial charge is 0.357 e. The van der Waals surface area contributed by atoms with E-state index in [2.05, 4.69) is 4.98 Å². The maximum absolute atomic E-state index is 13.2. The number of hydrogen-bond donors (Lipinski definition) is 0. The molecular weight excluding hydrogens is 436 g/mol. The van der Waals surface area contributed by atoms with Crippen molar-refractivity contribution in [2.45, 2.75) is 18.9 Å². The van der Waals surface area contributed by atoms with E-state index < -0.39 is 30.0 Å². The number of alkyl halides is 6. The molecule has 0 atom stereocenters. The van der Waals surface area contributed by atoms with Crippen molar-refractivity contribution in [1.82, 2.24) is 4.98 Å². The highest BCUT2D eigenvalue weighted by Crippen LogP contribution is 2.36. The van der Waals surface area contributed by atoms with Crippen molar-refractivity contribution < 1.29 is 26.3 Å². The van der Waals surface area contributed by atoms with E-state index in [1.54, 1.807) is 5.38 Å². The molecule has 1 aromatic carbocycles. The summed E-state index contributed by atoms with van der Waals surface area (Å²) in [7, 11) is 0. The van der Waals surface area contributed by atoms with E-state index in [1.807, 2.05) is 17.5 Å². The molecule has 0 amide bonds. The number of hydrogen-bond acceptors (Lipinski definition) is 5. The third kappa shape index (κ3) is 5.27. The van der Waals surface area contributed by atoms with Gasteiger partial charge < -0.3 is 4.90 Å². The number of anilines is 1. The number of thiazole rings is 1. The van der Waals surface area contributed by atoms with Crippen molar-refractivity contribution in [3.05, 3.63) is 57.9 Å². The highest BCUT2D eigenvalue weighted by atomic mass is 32.1. The maximum Gasteiger partial charge on any atom is 0.417 e. The lowest BCUT2D eigenvalue weighted by atomic mass is 10.1. The Labute approximate surface area is 169 Å². The molecule has 0 radical (unpaired) electrons. The quantitative estimate of drug-likeness (QED) is 0.429. The number of benzene rings is 1. The first-order valence-corrected chi connectivity index (χ1v) is 9.74. The van der Waals surface area contributed by atoms with Crippen molar-refractivity contribution in [2.75, 3.05) is 11.4 Å². The average Bonchev–Trinajstić information content (AvgIpc) is 3.30. The van der Waals surface area contributed by atoms with Crippen LogP contribution in [0.2, 0.25) is 0 Å². The number of aromatic nitrogens is 1. The van der Waals surface area contributed by atoms with Gasteiger partial charge in [-0.05, 0) is 29.6 Å². The summed E-state index contributed by atoms with van der Waals surface area (Å²) in [5.41, 5.74) is -1.91. The Balaban J connectivity index is 1.95. The zero-order valence-electron chi connectivity index (χ0n) is 14.4. The molecular formula is C18H11F6N3S2. The fourth-order valence-electron chi connectivity index (χ4n) is 2.60. The second kappa shape index (κ2) is 8.04. The van der Waals surface area contributed by atoms with E-state index in [1.165, 1.54) is 28.7 Å². The number of halogens is 6. The summed E-state index contributed by atoms with van der Waals surface area (Å²) in [6.45, 7) is -1.79. The summed E-state index contributed by atoms with van der Waals surface area (Å²) in [5.74, 6) is 0. The van der Waals surface area contributed by atoms with Crippen LogP contribution in [0.15, 0.2) is 41.1 Å². The normalized spacial score (nSPS) is 12.0. The van der Waals surface area contributed by atoms with Gasteiger partial charge in [0.2, 0.25) is 0 Å². The predicted octanol–water partition coefficient (Wildman–Crippen LogP) is 6.33. The van der Waals surface area contributed by atoms with Crippen LogP contribution < -0.4 is 4.90 Å². The van der Waals surface area contributed by atoms with Gasteiger partial charge in [0, 0.05) is 11.1 Å². The van der Waals surface area contributed by atoms with Crippen LogP contribution in [0.5, 0.6) is 0 Å². The number of nitriles is 1. The topological polar surface area (TPSA) is 39.9 Å². The van der Waals surface area contributed by atoms with Crippen molar-refractivity contribution in [3.8, 4) is 16.0 Å². The minimum Gasteiger partial charge on any atom is -0.357 e. The van der Waals surface area contributed by atoms with E-state index in [0.717, 1.165) is 21.9 Å². The van der Waals surface area contributed by atoms with Crippen molar-refractivity contribution in [3.63, 3.8) is 0 Å². The van der Waals surface area contributed by atoms with Crippen LogP contribution in [0, 0.1) is 11.3 Å². The molecule has 152 valence electrons. The first-order chi connectivity index (χ1) is 13.6. The third-order valence-corrected chi connectivity index (χ3v) is 5.73. The average molecular weight is 447 g/mol. The predicted molar refractivity (Wildman–Crippen MR) is 98.7 cm³/mol. The summed E-state index contributed by atoms with van der Waals surface area (Å²) in [6, 6.07) is 7.56. The van der Waals surface area contributed by atoms with E-state index in [9.17, 15) is 26.3 Å². The molecule has 0 N–H and O–H groups in total. The van der Waals surface area contributed by atoms with Gasteiger partial charge in [0.25, 0.3) is 0 Å². The van der Waals surface area contributed by atoms with Crippen LogP contribution in [-0.2, 0) is 12.7 Å². The van der Waals surface area contributed by atoms with Crippen LogP contribution in [0.1, 0.15) is 16.8 Å². The van der Waals surface area contributed by atoms with Gasteiger partial charge in [-0.3, -0.25) is 0 Å². The molecule has 0 spiro atoms. The van der Waals surface area contributed by atoms with Gasteiger partial charge in [-0.2, -0.15) is 31.6 Å². The zero-order valence-corrected chi connectivity index (χ0v) is 16.0. The Hall–Kier alpha value is -2.58. The lowest BCUT2D eigenvalue weighted by Gasteiger charge is -2.26. The summed E-state index contributed by atoms with van der Waals surface area (Å²) in [6.07, 6.45) is -9.50. The first kappa shape index (κ1) is 21.1. The monoisotopic (exact) mass is 447 g/mol. The Morgan fingerprint density at radius 3 is 2.41 bits per heavy atom. The lowest BCUT2D eigenvalue weighted by Crippen LogP contribution is -2.34. The molecule has 3 aromatic rings. The Kier molecular flexibility index (Phi) is 5.86. The van der Waals surface area contributed by atoms with Crippen molar-refractivity contribution in [2.24, 2.45) is 0 Å². The van der Waals surface area contributed by atoms with Crippen molar-refractivity contribution >= 4 is 28.4 Å². The van der Waals surface area contributed by atoms with Crippen LogP contribution in [0.25, 0.3) is 9.88 Å². The molecule has 0 bridgehead atoms. The fourth-order valence-corrected chi connectivity index (χ4v) is 4.23. The molecule has 0 aliphatic rings. The van der Waals surface area contributed by atoms with Gasteiger partial charge in [0.1, 0.15) is 11.6 Å². The Bertz CT molecular complexity index is 1020. The summed E-state index contributed by atoms with van der Waals surface area (Å²) in [4.78, 5) is 5.91. The third-order valence-electron chi connectivity index (χ3n) is 3.80. The molecule has 0 unspecified atom stereocenters. The molecule has 3 rings (SSSR count). The zero-order chi connectivity index (χ0) is 21.2. The SMILES string of the molecule is N#Cc1ccc(N(Cc2csc(-c3cccs3)n2)CC(F)(F)F)cc1C(F)(F)F. The van der Waals surface area contributed by atoms with Crippen molar-refractivity contribution in [1.29, 1.82) is 5.26 Å². The number of nitrogens with zero attached hydrogens (tertiary/aromatic N) is 3. The van der Waals surface area contributed by atoms with Crippen LogP contribution >= 0.6 is 22.7 Å². The molecule has 0 saturated carbocycles. The largest absolute Gasteiger partial charge is 0.417 e. The minimum atomic E-state index is -4.86. The van der Waals surface area contributed by atoms with Gasteiger partial charge in [-0.1, -0.05) is 6.07 Å². The standard InChI is InChI=1S/C18H11F6N3S2/c19-17(20,21)10-27(8-12-9-29-16(26-12)15-2-1-5-28-15)13-4-3-11(7-25)14(6-13)18(22,23)24/h1-6,9H,8,10H2. The van der Waals surface area contributed by atoms with E-state index in [4.69, 9.17) is 5.26 Å². The molecule has 0 fully saturated rings. The molecule has 0 aliphatic carbocycles.